The Hall–Kier alpha value is -1.71. The van der Waals surface area contributed by atoms with E-state index in [9.17, 15) is 22.0 Å². The number of nitrogens with zero attached hydrogens (tertiary/aromatic N) is 1. The number of hydrogen-bond donors (Lipinski definition) is 1. The Balaban J connectivity index is 2.00. The summed E-state index contributed by atoms with van der Waals surface area (Å²) >= 11 is 3.06. The minimum atomic E-state index is -4.80. The third kappa shape index (κ3) is 4.97. The van der Waals surface area contributed by atoms with Crippen LogP contribution in [0.2, 0.25) is 0 Å². The molecule has 1 heterocycles. The van der Waals surface area contributed by atoms with Gasteiger partial charge in [0.1, 0.15) is 17.4 Å². The molecule has 0 spiro atoms. The lowest BCUT2D eigenvalue weighted by molar-refractivity contribution is -0.274. The summed E-state index contributed by atoms with van der Waals surface area (Å²) in [5, 5.41) is 3.16. The van der Waals surface area contributed by atoms with Crippen LogP contribution in [0, 0.1) is 11.6 Å². The number of benzene rings is 2. The second kappa shape index (κ2) is 8.12. The predicted octanol–water partition coefficient (Wildman–Crippen LogP) is 4.62. The second-order valence-electron chi connectivity index (χ2n) is 6.09. The van der Waals surface area contributed by atoms with Gasteiger partial charge < -0.3 is 10.1 Å². The van der Waals surface area contributed by atoms with Gasteiger partial charge in [-0.2, -0.15) is 0 Å². The lowest BCUT2D eigenvalue weighted by Gasteiger charge is -2.36. The van der Waals surface area contributed by atoms with E-state index in [1.165, 1.54) is 24.3 Å². The Morgan fingerprint density at radius 3 is 2.07 bits per heavy atom. The van der Waals surface area contributed by atoms with Crippen molar-refractivity contribution >= 4 is 15.9 Å². The molecule has 0 unspecified atom stereocenters. The maximum absolute atomic E-state index is 14.6. The Kier molecular flexibility index (Phi) is 6.02. The molecule has 3 nitrogen and oxygen atoms in total. The number of halogens is 6. The molecule has 0 saturated carbocycles. The van der Waals surface area contributed by atoms with Crippen LogP contribution in [0.25, 0.3) is 0 Å². The summed E-state index contributed by atoms with van der Waals surface area (Å²) in [6, 6.07) is 6.67. The highest BCUT2D eigenvalue weighted by molar-refractivity contribution is 9.10. The van der Waals surface area contributed by atoms with Gasteiger partial charge in [-0.05, 0) is 29.8 Å². The first-order chi connectivity index (χ1) is 12.7. The standard InChI is InChI=1S/C18H16BrF5N2O/c19-12-9-14(20)16(15(21)10-12)17(26-7-5-25-6-8-26)11-1-3-13(4-2-11)27-18(22,23)24/h1-4,9-10,17,25H,5-8H2/t17-/m0/s1. The molecule has 9 heteroatoms. The average molecular weight is 451 g/mol. The van der Waals surface area contributed by atoms with E-state index in [4.69, 9.17) is 0 Å². The minimum absolute atomic E-state index is 0.135. The summed E-state index contributed by atoms with van der Waals surface area (Å²) in [6.45, 7) is 2.37. The third-order valence-corrected chi connectivity index (χ3v) is 4.72. The van der Waals surface area contributed by atoms with Crippen LogP contribution in [0.4, 0.5) is 22.0 Å². The van der Waals surface area contributed by atoms with Gasteiger partial charge in [-0.25, -0.2) is 8.78 Å². The molecule has 0 radical (unpaired) electrons. The highest BCUT2D eigenvalue weighted by Crippen LogP contribution is 2.35. The molecule has 0 bridgehead atoms. The summed E-state index contributed by atoms with van der Waals surface area (Å²) < 4.78 is 70.5. The zero-order chi connectivity index (χ0) is 19.6. The van der Waals surface area contributed by atoms with Crippen molar-refractivity contribution in [2.24, 2.45) is 0 Å². The summed E-state index contributed by atoms with van der Waals surface area (Å²) in [7, 11) is 0. The first kappa shape index (κ1) is 20.0. The Morgan fingerprint density at radius 1 is 1.00 bits per heavy atom. The molecular formula is C18H16BrF5N2O. The Labute approximate surface area is 161 Å². The van der Waals surface area contributed by atoms with E-state index in [1.807, 2.05) is 4.90 Å². The van der Waals surface area contributed by atoms with Gasteiger partial charge in [0.25, 0.3) is 0 Å². The fourth-order valence-electron chi connectivity index (χ4n) is 3.17. The zero-order valence-electron chi connectivity index (χ0n) is 14.0. The molecule has 1 fully saturated rings. The largest absolute Gasteiger partial charge is 0.573 e. The number of piperazine rings is 1. The molecule has 2 aromatic carbocycles. The van der Waals surface area contributed by atoms with Gasteiger partial charge >= 0.3 is 6.36 Å². The maximum atomic E-state index is 14.6. The van der Waals surface area contributed by atoms with E-state index in [0.717, 1.165) is 12.1 Å². The van der Waals surface area contributed by atoms with Crippen LogP contribution < -0.4 is 10.1 Å². The van der Waals surface area contributed by atoms with Crippen LogP contribution in [-0.4, -0.2) is 37.4 Å². The van der Waals surface area contributed by atoms with E-state index >= 15 is 0 Å². The summed E-state index contributed by atoms with van der Waals surface area (Å²) in [6.07, 6.45) is -4.80. The van der Waals surface area contributed by atoms with Gasteiger partial charge in [0.05, 0.1) is 6.04 Å². The van der Waals surface area contributed by atoms with Crippen molar-refractivity contribution in [3.8, 4) is 5.75 Å². The first-order valence-electron chi connectivity index (χ1n) is 8.19. The molecule has 0 amide bonds. The van der Waals surface area contributed by atoms with Crippen molar-refractivity contribution in [2.45, 2.75) is 12.4 Å². The number of rotatable bonds is 4. The molecule has 0 aliphatic carbocycles. The third-order valence-electron chi connectivity index (χ3n) is 4.26. The van der Waals surface area contributed by atoms with E-state index in [2.05, 4.69) is 26.0 Å². The van der Waals surface area contributed by atoms with E-state index < -0.39 is 24.0 Å². The number of nitrogens with one attached hydrogen (secondary N) is 1. The van der Waals surface area contributed by atoms with Crippen molar-refractivity contribution < 1.29 is 26.7 Å². The molecule has 2 aromatic rings. The predicted molar refractivity (Wildman–Crippen MR) is 93.5 cm³/mol. The van der Waals surface area contributed by atoms with Gasteiger partial charge in [-0.3, -0.25) is 4.90 Å². The van der Waals surface area contributed by atoms with Crippen LogP contribution in [0.3, 0.4) is 0 Å². The molecule has 1 saturated heterocycles. The van der Waals surface area contributed by atoms with Crippen LogP contribution in [0.15, 0.2) is 40.9 Å². The average Bonchev–Trinajstić information content (AvgIpc) is 2.58. The molecule has 3 rings (SSSR count). The summed E-state index contributed by atoms with van der Waals surface area (Å²) in [4.78, 5) is 1.89. The topological polar surface area (TPSA) is 24.5 Å². The number of ether oxygens (including phenoxy) is 1. The molecule has 1 N–H and O–H groups in total. The Bertz CT molecular complexity index is 768. The first-order valence-corrected chi connectivity index (χ1v) is 8.99. The minimum Gasteiger partial charge on any atom is -0.406 e. The molecule has 146 valence electrons. The SMILES string of the molecule is Fc1cc(Br)cc(F)c1[C@H](c1ccc(OC(F)(F)F)cc1)N1CCNCC1. The van der Waals surface area contributed by atoms with Crippen molar-refractivity contribution in [3.05, 3.63) is 63.6 Å². The monoisotopic (exact) mass is 450 g/mol. The van der Waals surface area contributed by atoms with Crippen molar-refractivity contribution in [1.82, 2.24) is 10.2 Å². The normalized spacial score (nSPS) is 17.0. The highest BCUT2D eigenvalue weighted by atomic mass is 79.9. The Morgan fingerprint density at radius 2 is 1.56 bits per heavy atom. The summed E-state index contributed by atoms with van der Waals surface area (Å²) in [5.41, 5.74) is 0.344. The molecule has 27 heavy (non-hydrogen) atoms. The van der Waals surface area contributed by atoms with Gasteiger partial charge in [-0.15, -0.1) is 13.2 Å². The zero-order valence-corrected chi connectivity index (χ0v) is 15.6. The van der Waals surface area contributed by atoms with Gasteiger partial charge in [-0.1, -0.05) is 28.1 Å². The van der Waals surface area contributed by atoms with E-state index in [0.29, 0.717) is 31.7 Å². The van der Waals surface area contributed by atoms with Crippen molar-refractivity contribution in [3.63, 3.8) is 0 Å². The van der Waals surface area contributed by atoms with E-state index in [1.54, 1.807) is 0 Å². The number of hydrogen-bond acceptors (Lipinski definition) is 3. The van der Waals surface area contributed by atoms with Crippen LogP contribution >= 0.6 is 15.9 Å². The van der Waals surface area contributed by atoms with Crippen molar-refractivity contribution in [2.75, 3.05) is 26.2 Å². The fraction of sp³-hybridized carbons (Fsp3) is 0.333. The second-order valence-corrected chi connectivity index (χ2v) is 7.00. The highest BCUT2D eigenvalue weighted by Gasteiger charge is 2.32. The molecule has 1 aliphatic heterocycles. The number of alkyl halides is 3. The van der Waals surface area contributed by atoms with Crippen molar-refractivity contribution in [1.29, 1.82) is 0 Å². The molecular weight excluding hydrogens is 435 g/mol. The van der Waals surface area contributed by atoms with Crippen LogP contribution in [-0.2, 0) is 0 Å². The summed E-state index contributed by atoms with van der Waals surface area (Å²) in [5.74, 6) is -1.83. The molecule has 0 aromatic heterocycles. The lowest BCUT2D eigenvalue weighted by atomic mass is 9.95. The maximum Gasteiger partial charge on any atom is 0.573 e. The van der Waals surface area contributed by atoms with Crippen LogP contribution in [0.5, 0.6) is 5.75 Å². The van der Waals surface area contributed by atoms with Gasteiger partial charge in [0.15, 0.2) is 0 Å². The fourth-order valence-corrected chi connectivity index (χ4v) is 3.57. The lowest BCUT2D eigenvalue weighted by Crippen LogP contribution is -2.45. The van der Waals surface area contributed by atoms with Gasteiger partial charge in [0.2, 0.25) is 0 Å². The van der Waals surface area contributed by atoms with Gasteiger partial charge in [0, 0.05) is 36.2 Å². The van der Waals surface area contributed by atoms with E-state index in [-0.39, 0.29) is 15.8 Å². The molecule has 1 atom stereocenters. The smallest absolute Gasteiger partial charge is 0.406 e. The molecule has 1 aliphatic rings. The quantitative estimate of drug-likeness (QED) is 0.687. The van der Waals surface area contributed by atoms with Crippen LogP contribution in [0.1, 0.15) is 17.2 Å².